The quantitative estimate of drug-likeness (QED) is 0.572. The van der Waals surface area contributed by atoms with E-state index in [4.69, 9.17) is 16.3 Å². The Labute approximate surface area is 117 Å². The van der Waals surface area contributed by atoms with Gasteiger partial charge in [-0.15, -0.1) is 11.6 Å². The van der Waals surface area contributed by atoms with E-state index in [1.54, 1.807) is 6.07 Å². The monoisotopic (exact) mass is 284 g/mol. The van der Waals surface area contributed by atoms with Gasteiger partial charge in [0.15, 0.2) is 0 Å². The molecule has 2 aromatic rings. The molecule has 0 saturated carbocycles. The van der Waals surface area contributed by atoms with Crippen molar-refractivity contribution in [3.63, 3.8) is 0 Å². The molecule has 1 aromatic heterocycles. The minimum absolute atomic E-state index is 0.274. The van der Waals surface area contributed by atoms with Gasteiger partial charge in [0.25, 0.3) is 0 Å². The fraction of sp³-hybridized carbons (Fsp3) is 0.500. The maximum Gasteiger partial charge on any atom is 0.125 e. The highest BCUT2D eigenvalue weighted by Gasteiger charge is 2.10. The second-order valence-electron chi connectivity index (χ2n) is 4.41. The molecule has 3 nitrogen and oxygen atoms in total. The number of fused-ring (bicyclic) bond motifs is 1. The van der Waals surface area contributed by atoms with Crippen molar-refractivity contribution in [1.82, 2.24) is 9.55 Å². The zero-order valence-corrected chi connectivity index (χ0v) is 11.8. The largest absolute Gasteiger partial charge is 0.381 e. The van der Waals surface area contributed by atoms with E-state index in [-0.39, 0.29) is 5.82 Å². The predicted molar refractivity (Wildman–Crippen MR) is 75.0 cm³/mol. The Kier molecular flexibility index (Phi) is 5.16. The first kappa shape index (κ1) is 14.3. The zero-order valence-electron chi connectivity index (χ0n) is 11.0. The summed E-state index contributed by atoms with van der Waals surface area (Å²) < 4.78 is 20.7. The third-order valence-electron chi connectivity index (χ3n) is 2.93. The lowest BCUT2D eigenvalue weighted by molar-refractivity contribution is 0.129. The molecule has 0 N–H and O–H groups in total. The number of hydrogen-bond acceptors (Lipinski definition) is 2. The first-order valence-corrected chi connectivity index (χ1v) is 7.08. The highest BCUT2D eigenvalue weighted by atomic mass is 35.5. The van der Waals surface area contributed by atoms with E-state index >= 15 is 0 Å². The summed E-state index contributed by atoms with van der Waals surface area (Å²) in [5.74, 6) is 0.828. The highest BCUT2D eigenvalue weighted by Crippen LogP contribution is 2.19. The molecular weight excluding hydrogens is 267 g/mol. The molecule has 0 atom stereocenters. The fourth-order valence-corrected chi connectivity index (χ4v) is 2.28. The van der Waals surface area contributed by atoms with E-state index in [1.807, 2.05) is 4.57 Å². The van der Waals surface area contributed by atoms with E-state index in [0.29, 0.717) is 11.4 Å². The van der Waals surface area contributed by atoms with Gasteiger partial charge in [0.2, 0.25) is 0 Å². The number of nitrogens with zero attached hydrogens (tertiary/aromatic N) is 2. The highest BCUT2D eigenvalue weighted by molar-refractivity contribution is 6.16. The molecular formula is C14H18ClFN2O. The number of alkyl halides is 1. The standard InChI is InChI=1S/C14H18ClFN2O/c1-2-7-19-8-3-6-18-13-5-4-11(16)9-12(13)17-14(18)10-15/h4-5,9H,2-3,6-8,10H2,1H3. The van der Waals surface area contributed by atoms with Crippen LogP contribution in [0.15, 0.2) is 18.2 Å². The molecule has 0 spiro atoms. The Morgan fingerprint density at radius 1 is 1.37 bits per heavy atom. The maximum absolute atomic E-state index is 13.2. The lowest BCUT2D eigenvalue weighted by Crippen LogP contribution is -2.06. The molecule has 0 aliphatic heterocycles. The summed E-state index contributed by atoms with van der Waals surface area (Å²) >= 11 is 5.90. The van der Waals surface area contributed by atoms with Gasteiger partial charge in [0, 0.05) is 25.8 Å². The molecule has 0 fully saturated rings. The van der Waals surface area contributed by atoms with Crippen LogP contribution in [0.4, 0.5) is 4.39 Å². The first-order chi connectivity index (χ1) is 9.26. The SMILES string of the molecule is CCCOCCCn1c(CCl)nc2cc(F)ccc21. The van der Waals surface area contributed by atoms with Gasteiger partial charge in [-0.1, -0.05) is 6.92 Å². The first-order valence-electron chi connectivity index (χ1n) is 6.54. The molecule has 19 heavy (non-hydrogen) atoms. The summed E-state index contributed by atoms with van der Waals surface area (Å²) in [5.41, 5.74) is 1.58. The number of benzene rings is 1. The topological polar surface area (TPSA) is 27.1 Å². The summed E-state index contributed by atoms with van der Waals surface area (Å²) in [6.45, 7) is 4.38. The summed E-state index contributed by atoms with van der Waals surface area (Å²) in [6.07, 6.45) is 1.92. The predicted octanol–water partition coefficient (Wildman–Crippen LogP) is 3.73. The molecule has 0 saturated heterocycles. The molecule has 1 aromatic carbocycles. The van der Waals surface area contributed by atoms with Crippen molar-refractivity contribution in [2.45, 2.75) is 32.2 Å². The van der Waals surface area contributed by atoms with Crippen LogP contribution in [0.25, 0.3) is 11.0 Å². The number of rotatable bonds is 7. The van der Waals surface area contributed by atoms with Crippen LogP contribution in [-0.4, -0.2) is 22.8 Å². The zero-order chi connectivity index (χ0) is 13.7. The molecule has 0 amide bonds. The van der Waals surface area contributed by atoms with Crippen molar-refractivity contribution in [3.05, 3.63) is 29.8 Å². The molecule has 5 heteroatoms. The summed E-state index contributed by atoms with van der Waals surface area (Å²) in [4.78, 5) is 4.36. The van der Waals surface area contributed by atoms with Crippen molar-refractivity contribution < 1.29 is 9.13 Å². The van der Waals surface area contributed by atoms with Crippen molar-refractivity contribution in [1.29, 1.82) is 0 Å². The molecule has 0 radical (unpaired) electrons. The molecule has 1 heterocycles. The Balaban J connectivity index is 2.11. The van der Waals surface area contributed by atoms with Gasteiger partial charge in [0.1, 0.15) is 11.6 Å². The van der Waals surface area contributed by atoms with Crippen LogP contribution in [0.3, 0.4) is 0 Å². The number of imidazole rings is 1. The Hall–Kier alpha value is -1.13. The normalized spacial score (nSPS) is 11.3. The minimum Gasteiger partial charge on any atom is -0.381 e. The number of aromatic nitrogens is 2. The van der Waals surface area contributed by atoms with Gasteiger partial charge >= 0.3 is 0 Å². The van der Waals surface area contributed by atoms with Gasteiger partial charge in [-0.3, -0.25) is 0 Å². The molecule has 0 aliphatic carbocycles. The van der Waals surface area contributed by atoms with Gasteiger partial charge in [0.05, 0.1) is 16.9 Å². The Morgan fingerprint density at radius 2 is 2.21 bits per heavy atom. The van der Waals surface area contributed by atoms with Crippen molar-refractivity contribution in [2.75, 3.05) is 13.2 Å². The summed E-state index contributed by atoms with van der Waals surface area (Å²) in [7, 11) is 0. The van der Waals surface area contributed by atoms with E-state index < -0.39 is 0 Å². The van der Waals surface area contributed by atoms with Crippen molar-refractivity contribution >= 4 is 22.6 Å². The van der Waals surface area contributed by atoms with Crippen LogP contribution in [0.1, 0.15) is 25.6 Å². The van der Waals surface area contributed by atoms with Crippen LogP contribution >= 0.6 is 11.6 Å². The Morgan fingerprint density at radius 3 is 2.95 bits per heavy atom. The number of hydrogen-bond donors (Lipinski definition) is 0. The maximum atomic E-state index is 13.2. The van der Waals surface area contributed by atoms with Crippen LogP contribution < -0.4 is 0 Å². The third-order valence-corrected chi connectivity index (χ3v) is 3.17. The Bertz CT molecular complexity index is 541. The van der Waals surface area contributed by atoms with Crippen molar-refractivity contribution in [2.24, 2.45) is 0 Å². The minimum atomic E-state index is -0.274. The summed E-state index contributed by atoms with van der Waals surface area (Å²) in [6, 6.07) is 4.64. The second kappa shape index (κ2) is 6.87. The van der Waals surface area contributed by atoms with Crippen LogP contribution in [0, 0.1) is 5.82 Å². The van der Waals surface area contributed by atoms with Gasteiger partial charge < -0.3 is 9.30 Å². The fourth-order valence-electron chi connectivity index (χ4n) is 2.08. The molecule has 0 aliphatic rings. The molecule has 0 unspecified atom stereocenters. The van der Waals surface area contributed by atoms with Crippen LogP contribution in [-0.2, 0) is 17.2 Å². The smallest absolute Gasteiger partial charge is 0.125 e. The van der Waals surface area contributed by atoms with Crippen LogP contribution in [0.2, 0.25) is 0 Å². The summed E-state index contributed by atoms with van der Waals surface area (Å²) in [5, 5.41) is 0. The average Bonchev–Trinajstić information content (AvgIpc) is 2.75. The molecule has 2 rings (SSSR count). The lowest BCUT2D eigenvalue weighted by Gasteiger charge is -2.08. The van der Waals surface area contributed by atoms with E-state index in [2.05, 4.69) is 11.9 Å². The molecule has 0 bridgehead atoms. The third kappa shape index (κ3) is 3.45. The van der Waals surface area contributed by atoms with Gasteiger partial charge in [-0.05, 0) is 25.0 Å². The van der Waals surface area contributed by atoms with Crippen LogP contribution in [0.5, 0.6) is 0 Å². The second-order valence-corrected chi connectivity index (χ2v) is 4.68. The molecule has 104 valence electrons. The van der Waals surface area contributed by atoms with Crippen molar-refractivity contribution in [3.8, 4) is 0 Å². The van der Waals surface area contributed by atoms with E-state index in [0.717, 1.165) is 43.9 Å². The number of halogens is 2. The average molecular weight is 285 g/mol. The van der Waals surface area contributed by atoms with E-state index in [1.165, 1.54) is 12.1 Å². The number of aryl methyl sites for hydroxylation is 1. The lowest BCUT2D eigenvalue weighted by atomic mass is 10.3. The van der Waals surface area contributed by atoms with Gasteiger partial charge in [-0.25, -0.2) is 9.37 Å². The number of ether oxygens (including phenoxy) is 1. The van der Waals surface area contributed by atoms with E-state index in [9.17, 15) is 4.39 Å². The van der Waals surface area contributed by atoms with Gasteiger partial charge in [-0.2, -0.15) is 0 Å².